The predicted octanol–water partition coefficient (Wildman–Crippen LogP) is 4.93. The smallest absolute Gasteiger partial charge is 0.195 e. The first kappa shape index (κ1) is 17.2. The monoisotopic (exact) mass is 365 g/mol. The van der Waals surface area contributed by atoms with E-state index in [1.807, 2.05) is 6.07 Å². The van der Waals surface area contributed by atoms with Crippen molar-refractivity contribution >= 4 is 11.8 Å². The molecule has 1 aliphatic carbocycles. The number of aromatic nitrogens is 3. The molecule has 1 fully saturated rings. The van der Waals surface area contributed by atoms with Crippen molar-refractivity contribution in [2.45, 2.75) is 37.8 Å². The fourth-order valence-corrected chi connectivity index (χ4v) is 3.88. The lowest BCUT2D eigenvalue weighted by molar-refractivity contribution is 0.339. The molecule has 4 rings (SSSR count). The largest absolute Gasteiger partial charge is 0.492 e. The number of aryl methyl sites for hydroxylation is 2. The van der Waals surface area contributed by atoms with E-state index in [2.05, 4.69) is 71.1 Å². The van der Waals surface area contributed by atoms with Crippen LogP contribution in [0.2, 0.25) is 0 Å². The Morgan fingerprint density at radius 3 is 2.42 bits per heavy atom. The van der Waals surface area contributed by atoms with Crippen molar-refractivity contribution in [3.05, 3.63) is 65.5 Å². The van der Waals surface area contributed by atoms with E-state index in [-0.39, 0.29) is 0 Å². The predicted molar refractivity (Wildman–Crippen MR) is 105 cm³/mol. The molecule has 0 atom stereocenters. The van der Waals surface area contributed by atoms with E-state index in [0.29, 0.717) is 12.5 Å². The highest BCUT2D eigenvalue weighted by atomic mass is 32.2. The molecule has 4 nitrogen and oxygen atoms in total. The Morgan fingerprint density at radius 1 is 1.00 bits per heavy atom. The van der Waals surface area contributed by atoms with Crippen molar-refractivity contribution in [2.24, 2.45) is 0 Å². The Labute approximate surface area is 158 Å². The topological polar surface area (TPSA) is 39.9 Å². The quantitative estimate of drug-likeness (QED) is 0.439. The van der Waals surface area contributed by atoms with Gasteiger partial charge in [-0.1, -0.05) is 48.2 Å². The summed E-state index contributed by atoms with van der Waals surface area (Å²) in [6.07, 6.45) is 2.43. The first-order valence-corrected chi connectivity index (χ1v) is 10.0. The van der Waals surface area contributed by atoms with Crippen LogP contribution in [-0.4, -0.2) is 27.1 Å². The molecule has 1 aromatic heterocycles. The van der Waals surface area contributed by atoms with Crippen molar-refractivity contribution in [2.75, 3.05) is 12.4 Å². The molecule has 0 spiro atoms. The molecule has 3 aromatic rings. The molecule has 26 heavy (non-hydrogen) atoms. The van der Waals surface area contributed by atoms with Gasteiger partial charge in [0.05, 0.1) is 6.61 Å². The van der Waals surface area contributed by atoms with Crippen molar-refractivity contribution in [3.8, 4) is 11.4 Å². The summed E-state index contributed by atoms with van der Waals surface area (Å²) in [4.78, 5) is 0. The second kappa shape index (κ2) is 7.54. The van der Waals surface area contributed by atoms with Crippen LogP contribution in [0.1, 0.15) is 35.7 Å². The Balaban J connectivity index is 1.46. The molecular formula is C21H23N3OS. The summed E-state index contributed by atoms with van der Waals surface area (Å²) in [5.74, 6) is 3.48. The number of rotatable bonds is 7. The summed E-state index contributed by atoms with van der Waals surface area (Å²) < 4.78 is 8.23. The zero-order valence-corrected chi connectivity index (χ0v) is 16.0. The molecule has 134 valence electrons. The van der Waals surface area contributed by atoms with Gasteiger partial charge in [0.1, 0.15) is 11.6 Å². The summed E-state index contributed by atoms with van der Waals surface area (Å²) in [6, 6.07) is 16.6. The minimum absolute atomic E-state index is 0.558. The molecule has 1 heterocycles. The maximum absolute atomic E-state index is 6.02. The zero-order chi connectivity index (χ0) is 17.9. The van der Waals surface area contributed by atoms with Crippen LogP contribution in [0.25, 0.3) is 5.69 Å². The van der Waals surface area contributed by atoms with E-state index in [4.69, 9.17) is 4.74 Å². The highest BCUT2D eigenvalue weighted by molar-refractivity contribution is 7.99. The van der Waals surface area contributed by atoms with Crippen LogP contribution in [0.3, 0.4) is 0 Å². The minimum Gasteiger partial charge on any atom is -0.492 e. The van der Waals surface area contributed by atoms with Crippen molar-refractivity contribution in [3.63, 3.8) is 0 Å². The molecule has 2 aromatic carbocycles. The van der Waals surface area contributed by atoms with Gasteiger partial charge in [-0.3, -0.25) is 4.57 Å². The first-order chi connectivity index (χ1) is 12.7. The second-order valence-corrected chi connectivity index (χ2v) is 7.77. The van der Waals surface area contributed by atoms with E-state index in [0.717, 1.165) is 28.2 Å². The summed E-state index contributed by atoms with van der Waals surface area (Å²) >= 11 is 1.70. The number of para-hydroxylation sites is 2. The van der Waals surface area contributed by atoms with Crippen LogP contribution in [0, 0.1) is 13.8 Å². The number of nitrogens with zero attached hydrogens (tertiary/aromatic N) is 3. The lowest BCUT2D eigenvalue weighted by atomic mass is 10.1. The van der Waals surface area contributed by atoms with Gasteiger partial charge >= 0.3 is 0 Å². The summed E-state index contributed by atoms with van der Waals surface area (Å²) in [5.41, 5.74) is 3.49. The molecule has 1 saturated carbocycles. The molecule has 0 bridgehead atoms. The van der Waals surface area contributed by atoms with Crippen molar-refractivity contribution < 1.29 is 4.74 Å². The van der Waals surface area contributed by atoms with Gasteiger partial charge < -0.3 is 4.74 Å². The lowest BCUT2D eigenvalue weighted by Gasteiger charge is -2.12. The SMILES string of the molecule is Cc1cccc(C)c1OCCSc1nnc(C2CC2)n1-c1ccccc1. The second-order valence-electron chi connectivity index (χ2n) is 6.70. The summed E-state index contributed by atoms with van der Waals surface area (Å²) in [5, 5.41) is 9.87. The summed E-state index contributed by atoms with van der Waals surface area (Å²) in [6.45, 7) is 4.82. The maximum Gasteiger partial charge on any atom is 0.195 e. The fourth-order valence-electron chi connectivity index (χ4n) is 3.10. The standard InChI is InChI=1S/C21H23N3OS/c1-15-7-6-8-16(2)19(15)25-13-14-26-21-23-22-20(17-11-12-17)24(21)18-9-4-3-5-10-18/h3-10,17H,11-14H2,1-2H3. The molecule has 5 heteroatoms. The van der Waals surface area contributed by atoms with Crippen LogP contribution in [-0.2, 0) is 0 Å². The van der Waals surface area contributed by atoms with Gasteiger partial charge in [-0.25, -0.2) is 0 Å². The highest BCUT2D eigenvalue weighted by Gasteiger charge is 2.30. The lowest BCUT2D eigenvalue weighted by Crippen LogP contribution is -2.05. The van der Waals surface area contributed by atoms with Crippen LogP contribution in [0.5, 0.6) is 5.75 Å². The van der Waals surface area contributed by atoms with E-state index in [9.17, 15) is 0 Å². The Morgan fingerprint density at radius 2 is 1.73 bits per heavy atom. The van der Waals surface area contributed by atoms with Gasteiger partial charge in [0.2, 0.25) is 0 Å². The molecule has 0 radical (unpaired) electrons. The molecule has 0 saturated heterocycles. The number of ether oxygens (including phenoxy) is 1. The van der Waals surface area contributed by atoms with Crippen LogP contribution in [0.15, 0.2) is 53.7 Å². The third-order valence-corrected chi connectivity index (χ3v) is 5.48. The molecule has 0 aliphatic heterocycles. The number of hydrogen-bond donors (Lipinski definition) is 0. The molecule has 0 amide bonds. The third kappa shape index (κ3) is 3.63. The third-order valence-electron chi connectivity index (χ3n) is 4.58. The van der Waals surface area contributed by atoms with E-state index in [1.165, 1.54) is 24.0 Å². The van der Waals surface area contributed by atoms with E-state index in [1.54, 1.807) is 11.8 Å². The van der Waals surface area contributed by atoms with Crippen LogP contribution in [0.4, 0.5) is 0 Å². The van der Waals surface area contributed by atoms with Crippen molar-refractivity contribution in [1.82, 2.24) is 14.8 Å². The van der Waals surface area contributed by atoms with Gasteiger partial charge in [-0.05, 0) is 49.9 Å². The normalized spacial score (nSPS) is 13.8. The van der Waals surface area contributed by atoms with Gasteiger partial charge in [0, 0.05) is 17.4 Å². The number of benzene rings is 2. The average Bonchev–Trinajstić information content (AvgIpc) is 3.41. The molecule has 1 aliphatic rings. The molecule has 0 N–H and O–H groups in total. The van der Waals surface area contributed by atoms with E-state index >= 15 is 0 Å². The van der Waals surface area contributed by atoms with Crippen LogP contribution < -0.4 is 4.74 Å². The summed E-state index contributed by atoms with van der Waals surface area (Å²) in [7, 11) is 0. The Bertz CT molecular complexity index is 867. The molecule has 0 unspecified atom stereocenters. The Kier molecular flexibility index (Phi) is 4.98. The van der Waals surface area contributed by atoms with Crippen LogP contribution >= 0.6 is 11.8 Å². The number of hydrogen-bond acceptors (Lipinski definition) is 4. The first-order valence-electron chi connectivity index (χ1n) is 9.06. The molecular weight excluding hydrogens is 342 g/mol. The van der Waals surface area contributed by atoms with Crippen molar-refractivity contribution in [1.29, 1.82) is 0 Å². The maximum atomic E-state index is 6.02. The highest BCUT2D eigenvalue weighted by Crippen LogP contribution is 2.41. The van der Waals surface area contributed by atoms with E-state index < -0.39 is 0 Å². The van der Waals surface area contributed by atoms with Gasteiger partial charge in [0.25, 0.3) is 0 Å². The minimum atomic E-state index is 0.558. The number of thioether (sulfide) groups is 1. The zero-order valence-electron chi connectivity index (χ0n) is 15.2. The fraction of sp³-hybridized carbons (Fsp3) is 0.333. The van der Waals surface area contributed by atoms with Gasteiger partial charge in [-0.15, -0.1) is 10.2 Å². The van der Waals surface area contributed by atoms with Gasteiger partial charge in [0.15, 0.2) is 5.16 Å². The Hall–Kier alpha value is -2.27. The van der Waals surface area contributed by atoms with Gasteiger partial charge in [-0.2, -0.15) is 0 Å². The average molecular weight is 366 g/mol.